The van der Waals surface area contributed by atoms with Gasteiger partial charge < -0.3 is 10.5 Å². The van der Waals surface area contributed by atoms with Crippen molar-refractivity contribution in [2.24, 2.45) is 12.8 Å². The quantitative estimate of drug-likeness (QED) is 0.839. The van der Waals surface area contributed by atoms with Crippen LogP contribution in [0.3, 0.4) is 0 Å². The summed E-state index contributed by atoms with van der Waals surface area (Å²) in [6.45, 7) is 0.949. The van der Waals surface area contributed by atoms with Crippen LogP contribution in [0.4, 0.5) is 0 Å². The van der Waals surface area contributed by atoms with Gasteiger partial charge in [0.05, 0.1) is 18.7 Å². The lowest BCUT2D eigenvalue weighted by molar-refractivity contribution is 0.317. The van der Waals surface area contributed by atoms with Crippen molar-refractivity contribution in [2.75, 3.05) is 13.2 Å². The Morgan fingerprint density at radius 1 is 1.32 bits per heavy atom. The van der Waals surface area contributed by atoms with Crippen molar-refractivity contribution in [3.8, 4) is 17.6 Å². The lowest BCUT2D eigenvalue weighted by Gasteiger charge is -2.08. The third-order valence-electron chi connectivity index (χ3n) is 2.75. The van der Waals surface area contributed by atoms with Crippen molar-refractivity contribution in [2.45, 2.75) is 6.42 Å². The molecule has 0 spiro atoms. The fourth-order valence-corrected chi connectivity index (χ4v) is 1.75. The molecule has 98 valence electrons. The maximum Gasteiger partial charge on any atom is 0.134 e. The van der Waals surface area contributed by atoms with E-state index in [0.29, 0.717) is 13.2 Å². The van der Waals surface area contributed by atoms with Gasteiger partial charge in [-0.1, -0.05) is 24.0 Å². The zero-order chi connectivity index (χ0) is 13.5. The molecule has 2 aromatic rings. The molecule has 0 aliphatic rings. The van der Waals surface area contributed by atoms with Crippen LogP contribution in [0.5, 0.6) is 5.75 Å². The predicted octanol–water partition coefficient (Wildman–Crippen LogP) is 1.35. The molecule has 2 N–H and O–H groups in total. The highest BCUT2D eigenvalue weighted by molar-refractivity contribution is 5.45. The van der Waals surface area contributed by atoms with Crippen LogP contribution in [0.2, 0.25) is 0 Å². The Labute approximate surface area is 113 Å². The summed E-state index contributed by atoms with van der Waals surface area (Å²) in [6, 6.07) is 9.72. The van der Waals surface area contributed by atoms with Crippen LogP contribution in [-0.2, 0) is 13.5 Å². The standard InChI is InChI=1S/C15H17N3O/c1-18-14(8-11-17-18)9-12-19-15-7-3-2-5-13(15)6-4-10-16/h2-3,5,7-8,11H,9-10,12,16H2,1H3. The molecule has 0 unspecified atom stereocenters. The monoisotopic (exact) mass is 255 g/mol. The van der Waals surface area contributed by atoms with Crippen LogP contribution < -0.4 is 10.5 Å². The molecular weight excluding hydrogens is 238 g/mol. The van der Waals surface area contributed by atoms with E-state index in [9.17, 15) is 0 Å². The summed E-state index contributed by atoms with van der Waals surface area (Å²) in [5.41, 5.74) is 7.40. The first-order chi connectivity index (χ1) is 9.31. The zero-order valence-electron chi connectivity index (χ0n) is 11.0. The van der Waals surface area contributed by atoms with Crippen LogP contribution in [0.15, 0.2) is 36.5 Å². The van der Waals surface area contributed by atoms with Crippen molar-refractivity contribution < 1.29 is 4.74 Å². The molecule has 0 fully saturated rings. The SMILES string of the molecule is Cn1nccc1CCOc1ccccc1C#CCN. The minimum absolute atomic E-state index is 0.351. The lowest BCUT2D eigenvalue weighted by Crippen LogP contribution is -2.06. The maximum atomic E-state index is 5.78. The summed E-state index contributed by atoms with van der Waals surface area (Å²) in [5.74, 6) is 6.65. The molecule has 0 saturated heterocycles. The molecule has 0 aliphatic carbocycles. The topological polar surface area (TPSA) is 53.1 Å². The zero-order valence-corrected chi connectivity index (χ0v) is 11.0. The molecule has 0 radical (unpaired) electrons. The first-order valence-corrected chi connectivity index (χ1v) is 6.19. The van der Waals surface area contributed by atoms with Crippen LogP contribution >= 0.6 is 0 Å². The summed E-state index contributed by atoms with van der Waals surface area (Å²) < 4.78 is 7.63. The first-order valence-electron chi connectivity index (χ1n) is 6.19. The van der Waals surface area contributed by atoms with Gasteiger partial charge in [0.15, 0.2) is 0 Å². The van der Waals surface area contributed by atoms with Crippen LogP contribution in [-0.4, -0.2) is 22.9 Å². The molecule has 4 heteroatoms. The molecule has 0 saturated carbocycles. The molecule has 1 aromatic heterocycles. The number of aryl methyl sites for hydroxylation is 1. The van der Waals surface area contributed by atoms with E-state index in [1.807, 2.05) is 42.1 Å². The fraction of sp³-hybridized carbons (Fsp3) is 0.267. The average Bonchev–Trinajstić information content (AvgIpc) is 2.83. The minimum atomic E-state index is 0.351. The van der Waals surface area contributed by atoms with Gasteiger partial charge in [0, 0.05) is 25.4 Å². The van der Waals surface area contributed by atoms with Crippen LogP contribution in [0.1, 0.15) is 11.3 Å². The summed E-state index contributed by atoms with van der Waals surface area (Å²) in [7, 11) is 1.93. The second kappa shape index (κ2) is 6.62. The average molecular weight is 255 g/mol. The number of para-hydroxylation sites is 1. The first kappa shape index (κ1) is 13.2. The normalized spacial score (nSPS) is 9.79. The van der Waals surface area contributed by atoms with E-state index in [1.54, 1.807) is 6.20 Å². The van der Waals surface area contributed by atoms with Crippen molar-refractivity contribution in [1.82, 2.24) is 9.78 Å². The Kier molecular flexibility index (Phi) is 4.60. The molecule has 0 aliphatic heterocycles. The van der Waals surface area contributed by atoms with Crippen molar-refractivity contribution in [1.29, 1.82) is 0 Å². The largest absolute Gasteiger partial charge is 0.492 e. The molecular formula is C15H17N3O. The highest BCUT2D eigenvalue weighted by atomic mass is 16.5. The van der Waals surface area contributed by atoms with Gasteiger partial charge >= 0.3 is 0 Å². The number of nitrogens with two attached hydrogens (primary N) is 1. The van der Waals surface area contributed by atoms with Crippen LogP contribution in [0, 0.1) is 11.8 Å². The van der Waals surface area contributed by atoms with Crippen molar-refractivity contribution in [3.05, 3.63) is 47.8 Å². The minimum Gasteiger partial charge on any atom is -0.492 e. The second-order valence-electron chi connectivity index (χ2n) is 4.05. The number of hydrogen-bond acceptors (Lipinski definition) is 3. The molecule has 0 atom stereocenters. The highest BCUT2D eigenvalue weighted by Gasteiger charge is 2.02. The number of rotatable bonds is 4. The smallest absolute Gasteiger partial charge is 0.134 e. The van der Waals surface area contributed by atoms with E-state index in [1.165, 1.54) is 0 Å². The molecule has 19 heavy (non-hydrogen) atoms. The number of ether oxygens (including phenoxy) is 1. The van der Waals surface area contributed by atoms with E-state index in [4.69, 9.17) is 10.5 Å². The maximum absolute atomic E-state index is 5.78. The van der Waals surface area contributed by atoms with Gasteiger partial charge in [-0.15, -0.1) is 0 Å². The third kappa shape index (κ3) is 3.60. The molecule has 1 aromatic carbocycles. The van der Waals surface area contributed by atoms with E-state index in [0.717, 1.165) is 23.4 Å². The summed E-state index contributed by atoms with van der Waals surface area (Å²) in [5, 5.41) is 4.13. The summed E-state index contributed by atoms with van der Waals surface area (Å²) >= 11 is 0. The number of hydrogen-bond donors (Lipinski definition) is 1. The Hall–Kier alpha value is -2.25. The van der Waals surface area contributed by atoms with Gasteiger partial charge in [0.2, 0.25) is 0 Å². The van der Waals surface area contributed by atoms with Gasteiger partial charge in [-0.2, -0.15) is 5.10 Å². The van der Waals surface area contributed by atoms with E-state index >= 15 is 0 Å². The molecule has 2 rings (SSSR count). The third-order valence-corrected chi connectivity index (χ3v) is 2.75. The van der Waals surface area contributed by atoms with Gasteiger partial charge in [0.25, 0.3) is 0 Å². The molecule has 1 heterocycles. The fourth-order valence-electron chi connectivity index (χ4n) is 1.75. The second-order valence-corrected chi connectivity index (χ2v) is 4.05. The van der Waals surface area contributed by atoms with Crippen molar-refractivity contribution in [3.63, 3.8) is 0 Å². The predicted molar refractivity (Wildman–Crippen MR) is 74.8 cm³/mol. The number of aromatic nitrogens is 2. The summed E-state index contributed by atoms with van der Waals surface area (Å²) in [6.07, 6.45) is 2.60. The Morgan fingerprint density at radius 2 is 2.16 bits per heavy atom. The Balaban J connectivity index is 1.98. The van der Waals surface area contributed by atoms with Gasteiger partial charge in [0.1, 0.15) is 5.75 Å². The van der Waals surface area contributed by atoms with E-state index in [2.05, 4.69) is 16.9 Å². The van der Waals surface area contributed by atoms with E-state index in [-0.39, 0.29) is 0 Å². The molecule has 0 amide bonds. The molecule has 0 bridgehead atoms. The Bertz CT molecular complexity index is 593. The van der Waals surface area contributed by atoms with Gasteiger partial charge in [-0.3, -0.25) is 4.68 Å². The lowest BCUT2D eigenvalue weighted by atomic mass is 10.2. The van der Waals surface area contributed by atoms with Crippen LogP contribution in [0.25, 0.3) is 0 Å². The summed E-state index contributed by atoms with van der Waals surface area (Å²) in [4.78, 5) is 0. The Morgan fingerprint density at radius 3 is 2.89 bits per heavy atom. The molecule has 4 nitrogen and oxygen atoms in total. The van der Waals surface area contributed by atoms with Gasteiger partial charge in [-0.05, 0) is 18.2 Å². The number of benzene rings is 1. The van der Waals surface area contributed by atoms with Crippen molar-refractivity contribution >= 4 is 0 Å². The number of nitrogens with zero attached hydrogens (tertiary/aromatic N) is 2. The van der Waals surface area contributed by atoms with E-state index < -0.39 is 0 Å². The highest BCUT2D eigenvalue weighted by Crippen LogP contribution is 2.16. The van der Waals surface area contributed by atoms with Gasteiger partial charge in [-0.25, -0.2) is 0 Å².